The number of nitrogens with one attached hydrogen (secondary N) is 1. The van der Waals surface area contributed by atoms with Crippen molar-refractivity contribution < 1.29 is 9.53 Å². The quantitative estimate of drug-likeness (QED) is 0.648. The van der Waals surface area contributed by atoms with E-state index in [1.807, 2.05) is 44.2 Å². The van der Waals surface area contributed by atoms with Gasteiger partial charge >= 0.3 is 0 Å². The lowest BCUT2D eigenvalue weighted by Crippen LogP contribution is -2.37. The SMILES string of the molecule is Cc1cc(C)cc(NC(=O)CSc2nnc(N3CCOCC3)c3ccccc23)c1. The average Bonchev–Trinajstić information content (AvgIpc) is 2.72. The number of hydrogen-bond acceptors (Lipinski definition) is 6. The fourth-order valence-electron chi connectivity index (χ4n) is 3.56. The van der Waals surface area contributed by atoms with Crippen LogP contribution in [0.1, 0.15) is 11.1 Å². The molecule has 7 heteroatoms. The van der Waals surface area contributed by atoms with E-state index in [0.717, 1.165) is 51.5 Å². The maximum absolute atomic E-state index is 12.5. The maximum Gasteiger partial charge on any atom is 0.234 e. The van der Waals surface area contributed by atoms with Crippen molar-refractivity contribution in [2.75, 3.05) is 42.3 Å². The smallest absolute Gasteiger partial charge is 0.234 e. The van der Waals surface area contributed by atoms with Crippen LogP contribution in [-0.4, -0.2) is 48.2 Å². The average molecular weight is 409 g/mol. The van der Waals surface area contributed by atoms with Crippen molar-refractivity contribution in [1.82, 2.24) is 10.2 Å². The number of benzene rings is 2. The Morgan fingerprint density at radius 3 is 2.48 bits per heavy atom. The predicted octanol–water partition coefficient (Wildman–Crippen LogP) is 3.81. The van der Waals surface area contributed by atoms with E-state index in [2.05, 4.69) is 32.5 Å². The molecule has 1 aliphatic heterocycles. The molecule has 0 aliphatic carbocycles. The zero-order chi connectivity index (χ0) is 20.2. The summed E-state index contributed by atoms with van der Waals surface area (Å²) in [7, 11) is 0. The van der Waals surface area contributed by atoms with Crippen LogP contribution < -0.4 is 10.2 Å². The summed E-state index contributed by atoms with van der Waals surface area (Å²) in [4.78, 5) is 14.7. The first-order chi connectivity index (χ1) is 14.1. The summed E-state index contributed by atoms with van der Waals surface area (Å²) in [6, 6.07) is 14.1. The Kier molecular flexibility index (Phi) is 5.97. The molecule has 0 unspecified atom stereocenters. The molecule has 1 amide bonds. The number of nitrogens with zero attached hydrogens (tertiary/aromatic N) is 3. The highest BCUT2D eigenvalue weighted by Gasteiger charge is 2.18. The third-order valence-electron chi connectivity index (χ3n) is 4.79. The van der Waals surface area contributed by atoms with E-state index in [1.165, 1.54) is 11.8 Å². The first-order valence-electron chi connectivity index (χ1n) is 9.69. The highest BCUT2D eigenvalue weighted by molar-refractivity contribution is 8.00. The second-order valence-electron chi connectivity index (χ2n) is 7.19. The topological polar surface area (TPSA) is 67.4 Å². The third-order valence-corrected chi connectivity index (χ3v) is 5.77. The lowest BCUT2D eigenvalue weighted by molar-refractivity contribution is -0.113. The lowest BCUT2D eigenvalue weighted by atomic mass is 10.1. The van der Waals surface area contributed by atoms with Crippen LogP contribution in [0.2, 0.25) is 0 Å². The van der Waals surface area contributed by atoms with E-state index in [4.69, 9.17) is 4.74 Å². The summed E-state index contributed by atoms with van der Waals surface area (Å²) in [5, 5.41) is 14.7. The maximum atomic E-state index is 12.5. The molecule has 2 heterocycles. The molecule has 0 radical (unpaired) electrons. The van der Waals surface area contributed by atoms with Crippen molar-refractivity contribution in [3.8, 4) is 0 Å². The zero-order valence-corrected chi connectivity index (χ0v) is 17.5. The van der Waals surface area contributed by atoms with E-state index < -0.39 is 0 Å². The lowest BCUT2D eigenvalue weighted by Gasteiger charge is -2.28. The van der Waals surface area contributed by atoms with E-state index >= 15 is 0 Å². The Bertz CT molecular complexity index is 1010. The molecule has 1 aliphatic rings. The van der Waals surface area contributed by atoms with Crippen molar-refractivity contribution in [3.63, 3.8) is 0 Å². The number of ether oxygens (including phenoxy) is 1. The van der Waals surface area contributed by atoms with Crippen molar-refractivity contribution in [2.24, 2.45) is 0 Å². The van der Waals surface area contributed by atoms with Gasteiger partial charge in [0, 0.05) is 29.5 Å². The minimum Gasteiger partial charge on any atom is -0.378 e. The van der Waals surface area contributed by atoms with Crippen LogP contribution in [0.15, 0.2) is 47.5 Å². The molecule has 6 nitrogen and oxygen atoms in total. The first kappa shape index (κ1) is 19.7. The van der Waals surface area contributed by atoms with Gasteiger partial charge in [-0.25, -0.2) is 0 Å². The Labute approximate surface area is 174 Å². The highest BCUT2D eigenvalue weighted by Crippen LogP contribution is 2.31. The van der Waals surface area contributed by atoms with Gasteiger partial charge in [0.2, 0.25) is 5.91 Å². The standard InChI is InChI=1S/C22H24N4O2S/c1-15-11-16(2)13-17(12-15)23-20(27)14-29-22-19-6-4-3-5-18(19)21(24-25-22)26-7-9-28-10-8-26/h3-6,11-13H,7-10,14H2,1-2H3,(H,23,27). The van der Waals surface area contributed by atoms with Crippen LogP contribution in [-0.2, 0) is 9.53 Å². The number of aryl methyl sites for hydroxylation is 2. The molecule has 0 saturated carbocycles. The van der Waals surface area contributed by atoms with Crippen molar-refractivity contribution >= 4 is 39.9 Å². The van der Waals surface area contributed by atoms with Gasteiger partial charge in [0.05, 0.1) is 19.0 Å². The predicted molar refractivity (Wildman–Crippen MR) is 118 cm³/mol. The fourth-order valence-corrected chi connectivity index (χ4v) is 4.33. The molecule has 1 N–H and O–H groups in total. The second kappa shape index (κ2) is 8.80. The first-order valence-corrected chi connectivity index (χ1v) is 10.7. The number of fused-ring (bicyclic) bond motifs is 1. The van der Waals surface area contributed by atoms with Gasteiger partial charge in [-0.15, -0.1) is 10.2 Å². The third kappa shape index (κ3) is 4.68. The molecule has 0 spiro atoms. The van der Waals surface area contributed by atoms with E-state index in [9.17, 15) is 4.79 Å². The minimum atomic E-state index is -0.0527. The molecule has 1 saturated heterocycles. The largest absolute Gasteiger partial charge is 0.378 e. The molecule has 0 atom stereocenters. The van der Waals surface area contributed by atoms with E-state index in [1.54, 1.807) is 0 Å². The summed E-state index contributed by atoms with van der Waals surface area (Å²) in [5.74, 6) is 1.11. The van der Waals surface area contributed by atoms with Crippen LogP contribution >= 0.6 is 11.8 Å². The number of aromatic nitrogens is 2. The van der Waals surface area contributed by atoms with Crippen LogP contribution in [0.5, 0.6) is 0 Å². The van der Waals surface area contributed by atoms with Crippen molar-refractivity contribution in [3.05, 3.63) is 53.6 Å². The minimum absolute atomic E-state index is 0.0527. The molecule has 1 fully saturated rings. The van der Waals surface area contributed by atoms with Gasteiger partial charge in [-0.1, -0.05) is 42.1 Å². The van der Waals surface area contributed by atoms with E-state index in [-0.39, 0.29) is 11.7 Å². The molecular formula is C22H24N4O2S. The number of amides is 1. The number of anilines is 2. The van der Waals surface area contributed by atoms with Gasteiger partial charge in [-0.3, -0.25) is 4.79 Å². The monoisotopic (exact) mass is 408 g/mol. The van der Waals surface area contributed by atoms with Crippen molar-refractivity contribution in [2.45, 2.75) is 18.9 Å². The van der Waals surface area contributed by atoms with Crippen LogP contribution in [0, 0.1) is 13.8 Å². The van der Waals surface area contributed by atoms with Gasteiger partial charge in [0.15, 0.2) is 5.82 Å². The Balaban J connectivity index is 1.50. The highest BCUT2D eigenvalue weighted by atomic mass is 32.2. The van der Waals surface area contributed by atoms with Gasteiger partial charge in [-0.2, -0.15) is 0 Å². The zero-order valence-electron chi connectivity index (χ0n) is 16.6. The number of morpholine rings is 1. The molecule has 4 rings (SSSR count). The van der Waals surface area contributed by atoms with Crippen molar-refractivity contribution in [1.29, 1.82) is 0 Å². The molecule has 29 heavy (non-hydrogen) atoms. The van der Waals surface area contributed by atoms with Gasteiger partial charge in [0.1, 0.15) is 5.03 Å². The molecule has 1 aromatic heterocycles. The molecular weight excluding hydrogens is 384 g/mol. The second-order valence-corrected chi connectivity index (χ2v) is 8.15. The van der Waals surface area contributed by atoms with E-state index in [0.29, 0.717) is 13.2 Å². The van der Waals surface area contributed by atoms with Crippen LogP contribution in [0.4, 0.5) is 11.5 Å². The molecule has 3 aromatic rings. The number of carbonyl (C=O) groups is 1. The Morgan fingerprint density at radius 1 is 1.07 bits per heavy atom. The molecule has 0 bridgehead atoms. The summed E-state index contributed by atoms with van der Waals surface area (Å²) in [6.45, 7) is 7.06. The van der Waals surface area contributed by atoms with Crippen LogP contribution in [0.25, 0.3) is 10.8 Å². The molecule has 150 valence electrons. The number of hydrogen-bond donors (Lipinski definition) is 1. The number of rotatable bonds is 5. The fraction of sp³-hybridized carbons (Fsp3) is 0.318. The number of thioether (sulfide) groups is 1. The summed E-state index contributed by atoms with van der Waals surface area (Å²) in [5.41, 5.74) is 3.08. The van der Waals surface area contributed by atoms with Gasteiger partial charge < -0.3 is 15.0 Å². The van der Waals surface area contributed by atoms with Gasteiger partial charge in [-0.05, 0) is 37.1 Å². The Morgan fingerprint density at radius 2 is 1.76 bits per heavy atom. The number of carbonyl (C=O) groups excluding carboxylic acids is 1. The summed E-state index contributed by atoms with van der Waals surface area (Å²) in [6.07, 6.45) is 0. The summed E-state index contributed by atoms with van der Waals surface area (Å²) < 4.78 is 5.45. The van der Waals surface area contributed by atoms with Gasteiger partial charge in [0.25, 0.3) is 0 Å². The Hall–Kier alpha value is -2.64. The summed E-state index contributed by atoms with van der Waals surface area (Å²) >= 11 is 1.41. The normalized spacial score (nSPS) is 14.2. The van der Waals surface area contributed by atoms with Crippen LogP contribution in [0.3, 0.4) is 0 Å². The molecule has 2 aromatic carbocycles.